The number of hydrogen-bond acceptors (Lipinski definition) is 4. The summed E-state index contributed by atoms with van der Waals surface area (Å²) >= 11 is 0. The van der Waals surface area contributed by atoms with Crippen molar-refractivity contribution in [1.82, 2.24) is 19.7 Å². The van der Waals surface area contributed by atoms with Crippen LogP contribution in [0.1, 0.15) is 17.7 Å². The van der Waals surface area contributed by atoms with Gasteiger partial charge in [0.2, 0.25) is 11.8 Å². The van der Waals surface area contributed by atoms with E-state index in [0.717, 1.165) is 29.7 Å². The Morgan fingerprint density at radius 2 is 1.79 bits per heavy atom. The van der Waals surface area contributed by atoms with E-state index >= 15 is 0 Å². The second-order valence-electron chi connectivity index (χ2n) is 10.1. The lowest BCUT2D eigenvalue weighted by Gasteiger charge is -2.46. The minimum Gasteiger partial charge on any atom is -0.327 e. The summed E-state index contributed by atoms with van der Waals surface area (Å²) in [6.45, 7) is 3.02. The highest BCUT2D eigenvalue weighted by atomic mass is 16.2. The van der Waals surface area contributed by atoms with Crippen LogP contribution in [0.4, 0.5) is 0 Å². The van der Waals surface area contributed by atoms with Gasteiger partial charge in [-0.1, -0.05) is 84.7 Å². The van der Waals surface area contributed by atoms with Crippen LogP contribution in [0.3, 0.4) is 0 Å². The van der Waals surface area contributed by atoms with Crippen LogP contribution in [0.2, 0.25) is 0 Å². The van der Waals surface area contributed by atoms with Crippen LogP contribution in [0.25, 0.3) is 16.5 Å². The minimum atomic E-state index is -0.462. The van der Waals surface area contributed by atoms with Crippen molar-refractivity contribution >= 4 is 28.3 Å². The van der Waals surface area contributed by atoms with Gasteiger partial charge in [0.15, 0.2) is 0 Å². The maximum absolute atomic E-state index is 13.5. The van der Waals surface area contributed by atoms with Gasteiger partial charge in [-0.05, 0) is 23.3 Å². The number of carbonyl (C=O) groups is 2. The van der Waals surface area contributed by atoms with E-state index in [2.05, 4.69) is 47.1 Å². The summed E-state index contributed by atoms with van der Waals surface area (Å²) in [4.78, 5) is 36.9. The van der Waals surface area contributed by atoms with Crippen molar-refractivity contribution in [2.24, 2.45) is 5.92 Å². The average Bonchev–Trinajstić information content (AvgIpc) is 2.93. The van der Waals surface area contributed by atoms with Crippen LogP contribution in [-0.2, 0) is 16.1 Å². The first-order chi connectivity index (χ1) is 18.6. The number of nitrogens with zero attached hydrogens (tertiary/aromatic N) is 4. The van der Waals surface area contributed by atoms with Gasteiger partial charge in [0, 0.05) is 38.0 Å². The predicted octanol–water partition coefficient (Wildman–Crippen LogP) is 3.75. The first-order valence-corrected chi connectivity index (χ1v) is 13.2. The van der Waals surface area contributed by atoms with Gasteiger partial charge in [0.1, 0.15) is 12.6 Å². The maximum Gasteiger partial charge on any atom is 0.247 e. The number of allylic oxidation sites excluding steroid dienone is 3. The molecule has 2 fully saturated rings. The van der Waals surface area contributed by atoms with E-state index in [1.807, 2.05) is 54.6 Å². The molecule has 2 atom stereocenters. The summed E-state index contributed by atoms with van der Waals surface area (Å²) in [5, 5.41) is 1.06. The molecule has 0 spiro atoms. The van der Waals surface area contributed by atoms with Gasteiger partial charge in [-0.25, -0.2) is 0 Å². The molecule has 6 rings (SSSR count). The molecule has 38 heavy (non-hydrogen) atoms. The molecule has 3 aliphatic rings. The number of amides is 2. The molecule has 6 heteroatoms. The summed E-state index contributed by atoms with van der Waals surface area (Å²) in [6.07, 6.45) is 7.21. The van der Waals surface area contributed by atoms with Crippen molar-refractivity contribution < 1.29 is 9.59 Å². The second kappa shape index (κ2) is 10.6. The quantitative estimate of drug-likeness (QED) is 0.499. The van der Waals surface area contributed by atoms with Crippen LogP contribution in [0.5, 0.6) is 0 Å². The van der Waals surface area contributed by atoms with Crippen LogP contribution in [0, 0.1) is 17.8 Å². The third kappa shape index (κ3) is 5.11. The highest BCUT2D eigenvalue weighted by molar-refractivity contribution is 5.95. The van der Waals surface area contributed by atoms with E-state index in [4.69, 9.17) is 4.98 Å². The molecule has 3 heterocycles. The Labute approximate surface area is 223 Å². The van der Waals surface area contributed by atoms with Gasteiger partial charge >= 0.3 is 0 Å². The molecule has 190 valence electrons. The van der Waals surface area contributed by atoms with E-state index in [1.54, 1.807) is 9.80 Å². The zero-order chi connectivity index (χ0) is 25.9. The highest BCUT2D eigenvalue weighted by Crippen LogP contribution is 2.23. The number of para-hydroxylation sites is 1. The first kappa shape index (κ1) is 24.1. The minimum absolute atomic E-state index is 0.00199. The van der Waals surface area contributed by atoms with Crippen molar-refractivity contribution in [1.29, 1.82) is 0 Å². The summed E-state index contributed by atoms with van der Waals surface area (Å²) < 4.78 is 0. The molecule has 2 unspecified atom stereocenters. The lowest BCUT2D eigenvalue weighted by Crippen LogP contribution is -2.66. The van der Waals surface area contributed by atoms with Crippen LogP contribution >= 0.6 is 0 Å². The Kier molecular flexibility index (Phi) is 6.76. The molecule has 1 aromatic heterocycles. The van der Waals surface area contributed by atoms with Crippen LogP contribution in [0.15, 0.2) is 85.0 Å². The molecule has 2 aliphatic heterocycles. The Morgan fingerprint density at radius 3 is 2.68 bits per heavy atom. The van der Waals surface area contributed by atoms with E-state index in [1.165, 1.54) is 11.1 Å². The van der Waals surface area contributed by atoms with E-state index < -0.39 is 6.04 Å². The molecular weight excluding hydrogens is 472 g/mol. The first-order valence-electron chi connectivity index (χ1n) is 13.2. The Hall–Kier alpha value is -4.21. The van der Waals surface area contributed by atoms with Crippen molar-refractivity contribution in [3.63, 3.8) is 0 Å². The summed E-state index contributed by atoms with van der Waals surface area (Å²) in [5.41, 5.74) is 4.06. The van der Waals surface area contributed by atoms with Gasteiger partial charge < -0.3 is 9.80 Å². The molecule has 0 radical (unpaired) electrons. The molecule has 0 N–H and O–H groups in total. The lowest BCUT2D eigenvalue weighted by atomic mass is 9.98. The zero-order valence-electron chi connectivity index (χ0n) is 21.3. The fourth-order valence-electron chi connectivity index (χ4n) is 5.50. The standard InChI is InChI=1S/C32H30N4O2/c37-31-23-35(21-28-17-16-27-12-6-7-13-29(27)33-28)32(38)30-22-34(18-19-36(30)31)20-24-8-4-5-11-26(15-14-24)25-9-2-1-3-10-25/h1-3,6-7,9-17,24,30H,5,18-23H2/b15-14-,26-11+. The molecule has 1 aliphatic carbocycles. The van der Waals surface area contributed by atoms with E-state index in [0.29, 0.717) is 26.1 Å². The number of hydrogen-bond donors (Lipinski definition) is 0. The topological polar surface area (TPSA) is 56.8 Å². The summed E-state index contributed by atoms with van der Waals surface area (Å²) in [5.74, 6) is 6.76. The summed E-state index contributed by atoms with van der Waals surface area (Å²) in [6, 6.07) is 21.8. The van der Waals surface area contributed by atoms with Crippen LogP contribution in [-0.4, -0.2) is 70.3 Å². The Morgan fingerprint density at radius 1 is 0.947 bits per heavy atom. The lowest BCUT2D eigenvalue weighted by molar-refractivity contribution is -0.160. The number of piperazine rings is 2. The smallest absolute Gasteiger partial charge is 0.247 e. The van der Waals surface area contributed by atoms with Crippen molar-refractivity contribution in [2.45, 2.75) is 19.0 Å². The van der Waals surface area contributed by atoms with Gasteiger partial charge in [-0.15, -0.1) is 0 Å². The van der Waals surface area contributed by atoms with Gasteiger partial charge in [-0.2, -0.15) is 0 Å². The fraction of sp³-hybridized carbons (Fsp3) is 0.281. The summed E-state index contributed by atoms with van der Waals surface area (Å²) in [7, 11) is 0. The number of carbonyl (C=O) groups excluding carboxylic acids is 2. The number of rotatable bonds is 5. The molecule has 2 aromatic carbocycles. The number of pyridine rings is 1. The van der Waals surface area contributed by atoms with Gasteiger partial charge in [-0.3, -0.25) is 19.5 Å². The third-order valence-corrected chi connectivity index (χ3v) is 7.50. The molecule has 6 nitrogen and oxygen atoms in total. The van der Waals surface area contributed by atoms with Crippen LogP contribution < -0.4 is 0 Å². The predicted molar refractivity (Wildman–Crippen MR) is 149 cm³/mol. The highest BCUT2D eigenvalue weighted by Gasteiger charge is 2.42. The van der Waals surface area contributed by atoms with Gasteiger partial charge in [0.05, 0.1) is 23.7 Å². The Balaban J connectivity index is 1.13. The molecule has 2 saturated heterocycles. The number of aromatic nitrogens is 1. The molecule has 3 aromatic rings. The number of fused-ring (bicyclic) bond motifs is 2. The van der Waals surface area contributed by atoms with Crippen molar-refractivity contribution in [2.75, 3.05) is 32.7 Å². The Bertz CT molecular complexity index is 1480. The second-order valence-corrected chi connectivity index (χ2v) is 10.1. The van der Waals surface area contributed by atoms with Crippen molar-refractivity contribution in [3.8, 4) is 11.8 Å². The monoisotopic (exact) mass is 502 g/mol. The largest absolute Gasteiger partial charge is 0.327 e. The normalized spacial score (nSPS) is 24.1. The van der Waals surface area contributed by atoms with E-state index in [9.17, 15) is 9.59 Å². The zero-order valence-corrected chi connectivity index (χ0v) is 21.3. The molecule has 0 bridgehead atoms. The molecule has 2 amide bonds. The molecule has 0 saturated carbocycles. The average molecular weight is 503 g/mol. The third-order valence-electron chi connectivity index (χ3n) is 7.50. The van der Waals surface area contributed by atoms with E-state index in [-0.39, 0.29) is 24.3 Å². The van der Waals surface area contributed by atoms with Crippen molar-refractivity contribution in [3.05, 3.63) is 96.2 Å². The van der Waals surface area contributed by atoms with Gasteiger partial charge in [0.25, 0.3) is 0 Å². The fourth-order valence-corrected chi connectivity index (χ4v) is 5.50. The molecular formula is C32H30N4O2. The SMILES string of the molecule is O=C1C2CN(CC3C#CC/C=C(c4ccccc4)\C=C/3)CCN2C(=O)CN1Cc1ccc2ccccc2n1. The number of benzene rings is 2. The maximum atomic E-state index is 13.5.